The number of carbonyl (C=O) groups is 1. The van der Waals surface area contributed by atoms with Crippen LogP contribution < -0.4 is 14.8 Å². The molecule has 0 saturated carbocycles. The quantitative estimate of drug-likeness (QED) is 0.801. The van der Waals surface area contributed by atoms with Crippen molar-refractivity contribution in [1.82, 2.24) is 10.2 Å². The van der Waals surface area contributed by atoms with Crippen molar-refractivity contribution in [2.75, 3.05) is 34.9 Å². The van der Waals surface area contributed by atoms with Crippen LogP contribution in [0.5, 0.6) is 11.5 Å². The van der Waals surface area contributed by atoms with Gasteiger partial charge in [0.15, 0.2) is 0 Å². The standard InChI is InChI=1S/C20H26N2O3/c1-22(2)17(10-15-8-6-5-7-9-15)14-21-20(23)16-11-18(24-3)13-19(12-16)25-4/h5-9,11-13,17H,10,14H2,1-4H3,(H,21,23)/t17-/m0/s1. The van der Waals surface area contributed by atoms with Crippen LogP contribution in [0.2, 0.25) is 0 Å². The van der Waals surface area contributed by atoms with E-state index < -0.39 is 0 Å². The van der Waals surface area contributed by atoms with Crippen LogP contribution in [0.1, 0.15) is 15.9 Å². The first-order valence-corrected chi connectivity index (χ1v) is 8.25. The highest BCUT2D eigenvalue weighted by atomic mass is 16.5. The third-order valence-electron chi connectivity index (χ3n) is 4.16. The molecule has 25 heavy (non-hydrogen) atoms. The number of methoxy groups -OCH3 is 2. The average Bonchev–Trinajstić information content (AvgIpc) is 2.64. The summed E-state index contributed by atoms with van der Waals surface area (Å²) in [6, 6.07) is 15.6. The Bertz CT molecular complexity index is 664. The van der Waals surface area contributed by atoms with E-state index in [0.29, 0.717) is 23.6 Å². The molecule has 0 unspecified atom stereocenters. The van der Waals surface area contributed by atoms with Crippen LogP contribution in [0.3, 0.4) is 0 Å². The predicted molar refractivity (Wildman–Crippen MR) is 99.5 cm³/mol. The zero-order valence-corrected chi connectivity index (χ0v) is 15.3. The van der Waals surface area contributed by atoms with Gasteiger partial charge in [-0.3, -0.25) is 4.79 Å². The van der Waals surface area contributed by atoms with Gasteiger partial charge in [-0.1, -0.05) is 30.3 Å². The summed E-state index contributed by atoms with van der Waals surface area (Å²) in [7, 11) is 7.18. The monoisotopic (exact) mass is 342 g/mol. The maximum atomic E-state index is 12.5. The molecular weight excluding hydrogens is 316 g/mol. The van der Waals surface area contributed by atoms with E-state index in [1.807, 2.05) is 32.3 Å². The zero-order chi connectivity index (χ0) is 18.2. The van der Waals surface area contributed by atoms with E-state index in [1.165, 1.54) is 5.56 Å². The Balaban J connectivity index is 2.03. The summed E-state index contributed by atoms with van der Waals surface area (Å²) in [6.07, 6.45) is 0.871. The minimum Gasteiger partial charge on any atom is -0.497 e. The highest BCUT2D eigenvalue weighted by molar-refractivity contribution is 5.95. The summed E-state index contributed by atoms with van der Waals surface area (Å²) >= 11 is 0. The van der Waals surface area contributed by atoms with Gasteiger partial charge in [-0.2, -0.15) is 0 Å². The number of hydrogen-bond donors (Lipinski definition) is 1. The van der Waals surface area contributed by atoms with Crippen molar-refractivity contribution in [3.8, 4) is 11.5 Å². The minimum atomic E-state index is -0.142. The van der Waals surface area contributed by atoms with Crippen molar-refractivity contribution in [1.29, 1.82) is 0 Å². The number of carbonyl (C=O) groups excluding carboxylic acids is 1. The number of hydrogen-bond acceptors (Lipinski definition) is 4. The van der Waals surface area contributed by atoms with Crippen molar-refractivity contribution < 1.29 is 14.3 Å². The molecular formula is C20H26N2O3. The van der Waals surface area contributed by atoms with Crippen molar-refractivity contribution in [2.45, 2.75) is 12.5 Å². The lowest BCUT2D eigenvalue weighted by atomic mass is 10.0. The van der Waals surface area contributed by atoms with Crippen molar-refractivity contribution in [3.05, 3.63) is 59.7 Å². The maximum Gasteiger partial charge on any atom is 0.251 e. The van der Waals surface area contributed by atoms with E-state index in [2.05, 4.69) is 22.3 Å². The van der Waals surface area contributed by atoms with Crippen LogP contribution >= 0.6 is 0 Å². The Kier molecular flexibility index (Phi) is 6.83. The van der Waals surface area contributed by atoms with Gasteiger partial charge >= 0.3 is 0 Å². The van der Waals surface area contributed by atoms with Gasteiger partial charge in [-0.25, -0.2) is 0 Å². The van der Waals surface area contributed by atoms with Gasteiger partial charge in [0.25, 0.3) is 5.91 Å². The van der Waals surface area contributed by atoms with Gasteiger partial charge < -0.3 is 19.7 Å². The largest absolute Gasteiger partial charge is 0.497 e. The highest BCUT2D eigenvalue weighted by Gasteiger charge is 2.15. The number of nitrogens with one attached hydrogen (secondary N) is 1. The lowest BCUT2D eigenvalue weighted by molar-refractivity contribution is 0.0941. The van der Waals surface area contributed by atoms with Gasteiger partial charge in [0.2, 0.25) is 0 Å². The van der Waals surface area contributed by atoms with E-state index in [9.17, 15) is 4.79 Å². The normalized spacial score (nSPS) is 11.9. The lowest BCUT2D eigenvalue weighted by Gasteiger charge is -2.25. The molecule has 5 nitrogen and oxygen atoms in total. The number of ether oxygens (including phenoxy) is 2. The number of nitrogens with zero attached hydrogens (tertiary/aromatic N) is 1. The van der Waals surface area contributed by atoms with Gasteiger partial charge in [0.1, 0.15) is 11.5 Å². The summed E-state index contributed by atoms with van der Waals surface area (Å²) in [5.74, 6) is 1.05. The van der Waals surface area contributed by atoms with E-state index in [0.717, 1.165) is 6.42 Å². The Hall–Kier alpha value is -2.53. The fraction of sp³-hybridized carbons (Fsp3) is 0.350. The lowest BCUT2D eigenvalue weighted by Crippen LogP contribution is -2.41. The molecule has 2 aromatic carbocycles. The molecule has 1 amide bonds. The van der Waals surface area contributed by atoms with Crippen molar-refractivity contribution in [2.24, 2.45) is 0 Å². The first-order valence-electron chi connectivity index (χ1n) is 8.25. The van der Waals surface area contributed by atoms with Crippen LogP contribution in [0.4, 0.5) is 0 Å². The molecule has 2 rings (SSSR count). The molecule has 0 aliphatic heterocycles. The molecule has 1 atom stereocenters. The smallest absolute Gasteiger partial charge is 0.251 e. The molecule has 5 heteroatoms. The number of benzene rings is 2. The summed E-state index contributed by atoms with van der Waals surface area (Å²) < 4.78 is 10.4. The molecule has 0 heterocycles. The number of likely N-dealkylation sites (N-methyl/N-ethyl adjacent to an activating group) is 1. The third kappa shape index (κ3) is 5.50. The highest BCUT2D eigenvalue weighted by Crippen LogP contribution is 2.22. The van der Waals surface area contributed by atoms with Gasteiger partial charge in [-0.15, -0.1) is 0 Å². The van der Waals surface area contributed by atoms with Crippen LogP contribution in [-0.2, 0) is 6.42 Å². The van der Waals surface area contributed by atoms with E-state index >= 15 is 0 Å². The molecule has 2 aromatic rings. The Morgan fingerprint density at radius 3 is 2.16 bits per heavy atom. The second-order valence-electron chi connectivity index (χ2n) is 6.12. The van der Waals surface area contributed by atoms with Gasteiger partial charge in [0, 0.05) is 24.2 Å². The first-order chi connectivity index (χ1) is 12.0. The number of amides is 1. The predicted octanol–water partition coefficient (Wildman–Crippen LogP) is 2.61. The van der Waals surface area contributed by atoms with Crippen LogP contribution in [0.25, 0.3) is 0 Å². The Morgan fingerprint density at radius 2 is 1.64 bits per heavy atom. The van der Waals surface area contributed by atoms with E-state index in [-0.39, 0.29) is 11.9 Å². The molecule has 134 valence electrons. The second-order valence-corrected chi connectivity index (χ2v) is 6.12. The number of rotatable bonds is 8. The Labute approximate surface area is 149 Å². The van der Waals surface area contributed by atoms with E-state index in [1.54, 1.807) is 32.4 Å². The molecule has 0 fully saturated rings. The molecule has 0 spiro atoms. The summed E-state index contributed by atoms with van der Waals surface area (Å²) in [6.45, 7) is 0.556. The summed E-state index contributed by atoms with van der Waals surface area (Å²) in [5, 5.41) is 3.01. The average molecular weight is 342 g/mol. The second kappa shape index (κ2) is 9.08. The fourth-order valence-corrected chi connectivity index (χ4v) is 2.57. The SMILES string of the molecule is COc1cc(OC)cc(C(=O)NC[C@H](Cc2ccccc2)N(C)C)c1. The molecule has 1 N–H and O–H groups in total. The molecule has 0 bridgehead atoms. The Morgan fingerprint density at radius 1 is 1.04 bits per heavy atom. The van der Waals surface area contributed by atoms with Crippen molar-refractivity contribution in [3.63, 3.8) is 0 Å². The molecule has 0 aliphatic carbocycles. The summed E-state index contributed by atoms with van der Waals surface area (Å²) in [5.41, 5.74) is 1.77. The first kappa shape index (κ1) is 18.8. The third-order valence-corrected chi connectivity index (χ3v) is 4.16. The van der Waals surface area contributed by atoms with Crippen LogP contribution in [-0.4, -0.2) is 51.7 Å². The molecule has 0 aliphatic rings. The summed E-state index contributed by atoms with van der Waals surface area (Å²) in [4.78, 5) is 14.6. The fourth-order valence-electron chi connectivity index (χ4n) is 2.57. The zero-order valence-electron chi connectivity index (χ0n) is 15.3. The molecule has 0 aromatic heterocycles. The van der Waals surface area contributed by atoms with Gasteiger partial charge in [0.05, 0.1) is 14.2 Å². The minimum absolute atomic E-state index is 0.142. The van der Waals surface area contributed by atoms with Crippen LogP contribution in [0.15, 0.2) is 48.5 Å². The van der Waals surface area contributed by atoms with Crippen LogP contribution in [0, 0.1) is 0 Å². The van der Waals surface area contributed by atoms with Crippen molar-refractivity contribution >= 4 is 5.91 Å². The molecule has 0 saturated heterocycles. The maximum absolute atomic E-state index is 12.5. The van der Waals surface area contributed by atoms with E-state index in [4.69, 9.17) is 9.47 Å². The van der Waals surface area contributed by atoms with Gasteiger partial charge in [-0.05, 0) is 38.2 Å². The molecule has 0 radical (unpaired) electrons. The topological polar surface area (TPSA) is 50.8 Å².